The van der Waals surface area contributed by atoms with E-state index in [-0.39, 0.29) is 5.56 Å². The van der Waals surface area contributed by atoms with Crippen molar-refractivity contribution in [3.8, 4) is 0 Å². The Bertz CT molecular complexity index is 753. The van der Waals surface area contributed by atoms with E-state index in [9.17, 15) is 4.79 Å². The number of hydrogen-bond acceptors (Lipinski definition) is 3. The van der Waals surface area contributed by atoms with E-state index in [1.54, 1.807) is 6.07 Å². The average molecular weight is 268 g/mol. The summed E-state index contributed by atoms with van der Waals surface area (Å²) < 4.78 is 0. The molecule has 0 spiro atoms. The van der Waals surface area contributed by atoms with Crippen molar-refractivity contribution in [1.82, 2.24) is 9.97 Å². The van der Waals surface area contributed by atoms with Crippen molar-refractivity contribution in [2.24, 2.45) is 0 Å². The van der Waals surface area contributed by atoms with E-state index in [2.05, 4.69) is 22.1 Å². The summed E-state index contributed by atoms with van der Waals surface area (Å²) in [5, 5.41) is 1.29. The van der Waals surface area contributed by atoms with Crippen molar-refractivity contribution in [1.29, 1.82) is 0 Å². The number of fused-ring (bicyclic) bond motifs is 1. The number of rotatable bonds is 3. The van der Waals surface area contributed by atoms with E-state index in [0.29, 0.717) is 10.5 Å². The third-order valence-electron chi connectivity index (χ3n) is 2.81. The van der Waals surface area contributed by atoms with Crippen LogP contribution in [0.5, 0.6) is 0 Å². The SMILES string of the molecule is O=c1[nH]c(SCc2ccccc2)nc2ccccc12. The number of hydrogen-bond donors (Lipinski definition) is 1. The summed E-state index contributed by atoms with van der Waals surface area (Å²) in [6.45, 7) is 0. The molecule has 1 N–H and O–H groups in total. The van der Waals surface area contributed by atoms with Crippen LogP contribution in [0.15, 0.2) is 64.5 Å². The lowest BCUT2D eigenvalue weighted by molar-refractivity contribution is 0.973. The Morgan fingerprint density at radius 1 is 1.00 bits per heavy atom. The molecule has 2 aromatic carbocycles. The van der Waals surface area contributed by atoms with Crippen LogP contribution in [0.3, 0.4) is 0 Å². The Hall–Kier alpha value is -2.07. The standard InChI is InChI=1S/C15H12N2OS/c18-14-12-8-4-5-9-13(12)16-15(17-14)19-10-11-6-2-1-3-7-11/h1-9H,10H2,(H,16,17,18). The van der Waals surface area contributed by atoms with Crippen LogP contribution in [-0.4, -0.2) is 9.97 Å². The molecule has 3 rings (SSSR count). The number of aromatic nitrogens is 2. The fourth-order valence-electron chi connectivity index (χ4n) is 1.86. The number of benzene rings is 2. The van der Waals surface area contributed by atoms with Gasteiger partial charge in [-0.2, -0.15) is 0 Å². The van der Waals surface area contributed by atoms with Gasteiger partial charge in [0.05, 0.1) is 10.9 Å². The molecule has 0 aliphatic rings. The smallest absolute Gasteiger partial charge is 0.259 e. The summed E-state index contributed by atoms with van der Waals surface area (Å²) in [6, 6.07) is 17.5. The highest BCUT2D eigenvalue weighted by molar-refractivity contribution is 7.98. The minimum absolute atomic E-state index is 0.0823. The van der Waals surface area contributed by atoms with Gasteiger partial charge in [0.1, 0.15) is 0 Å². The van der Waals surface area contributed by atoms with Gasteiger partial charge in [0, 0.05) is 5.75 Å². The Morgan fingerprint density at radius 2 is 1.74 bits per heavy atom. The fourth-order valence-corrected chi connectivity index (χ4v) is 2.68. The summed E-state index contributed by atoms with van der Waals surface area (Å²) in [4.78, 5) is 19.2. The first-order valence-corrected chi connectivity index (χ1v) is 6.97. The molecule has 1 aromatic heterocycles. The molecule has 4 heteroatoms. The van der Waals surface area contributed by atoms with E-state index in [1.165, 1.54) is 17.3 Å². The summed E-state index contributed by atoms with van der Waals surface area (Å²) >= 11 is 1.54. The lowest BCUT2D eigenvalue weighted by Crippen LogP contribution is -2.08. The molecule has 1 heterocycles. The molecule has 19 heavy (non-hydrogen) atoms. The predicted molar refractivity (Wildman–Crippen MR) is 78.4 cm³/mol. The van der Waals surface area contributed by atoms with Crippen LogP contribution in [0.25, 0.3) is 10.9 Å². The van der Waals surface area contributed by atoms with Crippen molar-refractivity contribution in [2.75, 3.05) is 0 Å². The van der Waals surface area contributed by atoms with Gasteiger partial charge in [-0.05, 0) is 17.7 Å². The lowest BCUT2D eigenvalue weighted by Gasteiger charge is -2.02. The number of thioether (sulfide) groups is 1. The number of nitrogens with one attached hydrogen (secondary N) is 1. The molecule has 0 aliphatic heterocycles. The molecule has 0 amide bonds. The Morgan fingerprint density at radius 3 is 2.58 bits per heavy atom. The number of nitrogens with zero attached hydrogens (tertiary/aromatic N) is 1. The topological polar surface area (TPSA) is 45.8 Å². The molecule has 0 atom stereocenters. The molecule has 3 aromatic rings. The minimum atomic E-state index is -0.0823. The fraction of sp³-hybridized carbons (Fsp3) is 0.0667. The lowest BCUT2D eigenvalue weighted by atomic mass is 10.2. The van der Waals surface area contributed by atoms with Gasteiger partial charge < -0.3 is 4.98 Å². The largest absolute Gasteiger partial charge is 0.301 e. The Labute approximate surface area is 114 Å². The first-order chi connectivity index (χ1) is 9.33. The summed E-state index contributed by atoms with van der Waals surface area (Å²) in [5.74, 6) is 0.794. The highest BCUT2D eigenvalue weighted by Crippen LogP contribution is 2.19. The van der Waals surface area contributed by atoms with Gasteiger partial charge in [0.15, 0.2) is 5.16 Å². The van der Waals surface area contributed by atoms with Crippen LogP contribution in [0.4, 0.5) is 0 Å². The van der Waals surface area contributed by atoms with Crippen molar-refractivity contribution in [3.05, 3.63) is 70.5 Å². The van der Waals surface area contributed by atoms with E-state index < -0.39 is 0 Å². The second kappa shape index (κ2) is 5.28. The first-order valence-electron chi connectivity index (χ1n) is 5.99. The van der Waals surface area contributed by atoms with Gasteiger partial charge in [-0.1, -0.05) is 54.2 Å². The number of H-pyrrole nitrogens is 1. The number of para-hydroxylation sites is 1. The summed E-state index contributed by atoms with van der Waals surface area (Å²) in [5.41, 5.74) is 1.87. The molecule has 94 valence electrons. The van der Waals surface area contributed by atoms with Crippen LogP contribution in [0.1, 0.15) is 5.56 Å². The minimum Gasteiger partial charge on any atom is -0.301 e. The normalized spacial score (nSPS) is 10.7. The molecule has 0 fully saturated rings. The third kappa shape index (κ3) is 2.69. The maximum atomic E-state index is 11.9. The summed E-state index contributed by atoms with van der Waals surface area (Å²) in [7, 11) is 0. The van der Waals surface area contributed by atoms with Crippen molar-refractivity contribution >= 4 is 22.7 Å². The molecule has 0 aliphatic carbocycles. The zero-order valence-electron chi connectivity index (χ0n) is 10.2. The Kier molecular flexibility index (Phi) is 3.33. The maximum absolute atomic E-state index is 11.9. The van der Waals surface area contributed by atoms with Gasteiger partial charge in [-0.25, -0.2) is 4.98 Å². The van der Waals surface area contributed by atoms with Gasteiger partial charge >= 0.3 is 0 Å². The van der Waals surface area contributed by atoms with E-state index in [0.717, 1.165) is 11.3 Å². The van der Waals surface area contributed by atoms with Gasteiger partial charge in [-0.15, -0.1) is 0 Å². The monoisotopic (exact) mass is 268 g/mol. The van der Waals surface area contributed by atoms with Crippen LogP contribution < -0.4 is 5.56 Å². The van der Waals surface area contributed by atoms with Crippen LogP contribution in [0, 0.1) is 0 Å². The highest BCUT2D eigenvalue weighted by Gasteiger charge is 2.03. The molecule has 0 saturated carbocycles. The second-order valence-corrected chi connectivity index (χ2v) is 5.13. The second-order valence-electron chi connectivity index (χ2n) is 4.16. The number of aromatic amines is 1. The van der Waals surface area contributed by atoms with Gasteiger partial charge in [-0.3, -0.25) is 4.79 Å². The molecule has 3 nitrogen and oxygen atoms in total. The molecular weight excluding hydrogens is 256 g/mol. The summed E-state index contributed by atoms with van der Waals surface area (Å²) in [6.07, 6.45) is 0. The van der Waals surface area contributed by atoms with Crippen molar-refractivity contribution in [2.45, 2.75) is 10.9 Å². The van der Waals surface area contributed by atoms with Gasteiger partial charge in [0.25, 0.3) is 5.56 Å². The molecular formula is C15H12N2OS. The molecule has 0 saturated heterocycles. The first kappa shape index (κ1) is 12.0. The zero-order valence-corrected chi connectivity index (χ0v) is 11.0. The van der Waals surface area contributed by atoms with E-state index >= 15 is 0 Å². The van der Waals surface area contributed by atoms with Crippen LogP contribution in [0.2, 0.25) is 0 Å². The maximum Gasteiger partial charge on any atom is 0.259 e. The Balaban J connectivity index is 1.88. The molecule has 0 bridgehead atoms. The highest BCUT2D eigenvalue weighted by atomic mass is 32.2. The predicted octanol–water partition coefficient (Wildman–Crippen LogP) is 3.22. The molecule has 0 radical (unpaired) electrons. The van der Waals surface area contributed by atoms with Gasteiger partial charge in [0.2, 0.25) is 0 Å². The quantitative estimate of drug-likeness (QED) is 0.586. The third-order valence-corrected chi connectivity index (χ3v) is 3.75. The average Bonchev–Trinajstić information content (AvgIpc) is 2.46. The van der Waals surface area contributed by atoms with E-state index in [1.807, 2.05) is 36.4 Å². The zero-order chi connectivity index (χ0) is 13.1. The van der Waals surface area contributed by atoms with Crippen LogP contribution >= 0.6 is 11.8 Å². The van der Waals surface area contributed by atoms with Crippen LogP contribution in [-0.2, 0) is 5.75 Å². The van der Waals surface area contributed by atoms with Crippen molar-refractivity contribution < 1.29 is 0 Å². The van der Waals surface area contributed by atoms with E-state index in [4.69, 9.17) is 0 Å². The van der Waals surface area contributed by atoms with Crippen molar-refractivity contribution in [3.63, 3.8) is 0 Å². The molecule has 0 unspecified atom stereocenters.